The Morgan fingerprint density at radius 1 is 0.456 bits per heavy atom. The molecule has 6 aromatic carbocycles. The molecule has 0 spiro atoms. The lowest BCUT2D eigenvalue weighted by Gasteiger charge is -2.08. The first kappa shape index (κ1) is 56.4. The summed E-state index contributed by atoms with van der Waals surface area (Å²) in [5, 5.41) is 38.7. The summed E-state index contributed by atoms with van der Waals surface area (Å²) in [5.74, 6) is -3.39. The maximum atomic E-state index is 12.9. The van der Waals surface area contributed by atoms with Gasteiger partial charge >= 0.3 is 37.1 Å². The molecule has 0 saturated heterocycles. The first-order valence-electron chi connectivity index (χ1n) is 21.5. The molecule has 3 amide bonds. The first-order chi connectivity index (χ1) is 37.4. The number of carbonyl (C=O) groups is 3. The Morgan fingerprint density at radius 2 is 0.785 bits per heavy atom. The summed E-state index contributed by atoms with van der Waals surface area (Å²) in [7, 11) is 0. The molecule has 0 bridgehead atoms. The first-order valence-corrected chi connectivity index (χ1v) is 21.9. The molecule has 0 saturated carbocycles. The van der Waals surface area contributed by atoms with Crippen LogP contribution in [0.15, 0.2) is 159 Å². The molecule has 3 aromatic heterocycles. The van der Waals surface area contributed by atoms with E-state index in [0.717, 1.165) is 60.7 Å². The highest BCUT2D eigenvalue weighted by molar-refractivity contribution is 6.30. The van der Waals surface area contributed by atoms with Gasteiger partial charge < -0.3 is 27.5 Å². The highest BCUT2D eigenvalue weighted by atomic mass is 35.5. The van der Waals surface area contributed by atoms with Crippen LogP contribution in [-0.2, 0) is 0 Å². The van der Waals surface area contributed by atoms with Gasteiger partial charge in [-0.25, -0.2) is 4.39 Å². The highest BCUT2D eigenvalue weighted by Gasteiger charge is 2.33. The van der Waals surface area contributed by atoms with Gasteiger partial charge in [0.15, 0.2) is 0 Å². The highest BCUT2D eigenvalue weighted by Crippen LogP contribution is 2.28. The van der Waals surface area contributed by atoms with Gasteiger partial charge in [-0.3, -0.25) is 30.3 Å². The van der Waals surface area contributed by atoms with Crippen LogP contribution in [0.5, 0.6) is 17.2 Å². The number of alkyl halides is 9. The third-order valence-corrected chi connectivity index (χ3v) is 9.66. The third-order valence-electron chi connectivity index (χ3n) is 9.41. The van der Waals surface area contributed by atoms with Gasteiger partial charge in [-0.1, -0.05) is 33.0 Å². The van der Waals surface area contributed by atoms with E-state index in [-0.39, 0.29) is 52.4 Å². The van der Waals surface area contributed by atoms with Crippen LogP contribution in [0.4, 0.5) is 61.9 Å². The van der Waals surface area contributed by atoms with Crippen LogP contribution in [0.2, 0.25) is 5.02 Å². The lowest BCUT2D eigenvalue weighted by Crippen LogP contribution is -2.17. The standard InChI is InChI=1S/C17H9F3N4O3.C16H9ClF3N3O3.C16H9F4N3O3/c18-17(19,20)27-13-6-4-11(5-7-13)14(25)22-16-24-23-15(26-16)12-3-1-2-10(8-12)9-21;2*17-11-5-1-10(2-6-11)14-22-23-15(25-14)21-13(24)9-3-7-12(8-4-9)26-16(18,19)20/h1-8H,(H,22,24,25);2*1-8H,(H,21,23,24). The Hall–Kier alpha value is -10.4. The van der Waals surface area contributed by atoms with Crippen molar-refractivity contribution in [2.75, 3.05) is 16.0 Å². The molecule has 404 valence electrons. The van der Waals surface area contributed by atoms with Crippen LogP contribution < -0.4 is 30.2 Å². The number of ether oxygens (including phenoxy) is 3. The normalized spacial score (nSPS) is 11.1. The summed E-state index contributed by atoms with van der Waals surface area (Å²) >= 11 is 5.79. The molecule has 0 atom stereocenters. The molecule has 3 N–H and O–H groups in total. The van der Waals surface area contributed by atoms with Crippen molar-refractivity contribution in [2.45, 2.75) is 19.1 Å². The Kier molecular flexibility index (Phi) is 17.5. The summed E-state index contributed by atoms with van der Waals surface area (Å²) in [5.41, 5.74) is 2.17. The topological polar surface area (TPSA) is 256 Å². The number of amides is 3. The SMILES string of the molecule is N#Cc1cccc(-c2nnc(NC(=O)c3ccc(OC(F)(F)F)cc3)o2)c1.O=C(Nc1nnc(-c2ccc(Cl)cc2)o1)c1ccc(OC(F)(F)F)cc1.O=C(Nc1nnc(-c2ccc(F)cc2)o1)c1ccc(OC(F)(F)F)cc1. The van der Waals surface area contributed by atoms with Crippen LogP contribution >= 0.6 is 11.6 Å². The molecule has 0 fully saturated rings. The Morgan fingerprint density at radius 3 is 1.11 bits per heavy atom. The van der Waals surface area contributed by atoms with E-state index < -0.39 is 59.9 Å². The Bertz CT molecular complexity index is 3420. The number of carbonyl (C=O) groups excluding carboxylic acids is 3. The largest absolute Gasteiger partial charge is 0.573 e. The molecule has 0 unspecified atom stereocenters. The van der Waals surface area contributed by atoms with Crippen molar-refractivity contribution < 1.29 is 85.7 Å². The molecule has 0 aliphatic heterocycles. The predicted molar refractivity (Wildman–Crippen MR) is 252 cm³/mol. The van der Waals surface area contributed by atoms with E-state index in [4.69, 9.17) is 30.1 Å². The zero-order chi connectivity index (χ0) is 56.9. The van der Waals surface area contributed by atoms with Crippen LogP contribution in [0.25, 0.3) is 34.4 Å². The number of hydrogen-bond donors (Lipinski definition) is 3. The fourth-order valence-electron chi connectivity index (χ4n) is 6.01. The quantitative estimate of drug-likeness (QED) is 0.0961. The lowest BCUT2D eigenvalue weighted by atomic mass is 10.1. The maximum Gasteiger partial charge on any atom is 0.573 e. The molecule has 9 rings (SSSR count). The molecule has 9 aromatic rings. The fraction of sp³-hybridized carbons (Fsp3) is 0.0612. The molecule has 79 heavy (non-hydrogen) atoms. The smallest absolute Gasteiger partial charge is 0.406 e. The van der Waals surface area contributed by atoms with Crippen LogP contribution in [0.1, 0.15) is 36.6 Å². The van der Waals surface area contributed by atoms with E-state index in [1.54, 1.807) is 48.5 Å². The second-order valence-electron chi connectivity index (χ2n) is 15.0. The van der Waals surface area contributed by atoms with E-state index in [0.29, 0.717) is 27.3 Å². The molecule has 0 radical (unpaired) electrons. The molecular formula is C49H27ClF10N10O9. The molecule has 3 heterocycles. The molecule has 0 aliphatic carbocycles. The fourth-order valence-corrected chi connectivity index (χ4v) is 6.14. The predicted octanol–water partition coefficient (Wildman–Crippen LogP) is 12.3. The van der Waals surface area contributed by atoms with E-state index in [2.05, 4.69) is 60.8 Å². The maximum absolute atomic E-state index is 12.9. The van der Waals surface area contributed by atoms with Gasteiger partial charge in [0.25, 0.3) is 17.7 Å². The van der Waals surface area contributed by atoms with Crippen molar-refractivity contribution in [1.29, 1.82) is 5.26 Å². The van der Waals surface area contributed by atoms with Crippen molar-refractivity contribution in [3.63, 3.8) is 0 Å². The van der Waals surface area contributed by atoms with Crippen LogP contribution in [-0.4, -0.2) is 67.4 Å². The van der Waals surface area contributed by atoms with Gasteiger partial charge in [-0.15, -0.1) is 54.8 Å². The number of benzene rings is 6. The Balaban J connectivity index is 0.000000172. The summed E-state index contributed by atoms with van der Waals surface area (Å²) in [4.78, 5) is 36.2. The monoisotopic (exact) mass is 1120 g/mol. The average Bonchev–Trinajstić information content (AvgIpc) is 4.19. The van der Waals surface area contributed by atoms with Gasteiger partial charge in [-0.05, 0) is 140 Å². The number of rotatable bonds is 12. The minimum atomic E-state index is -4.82. The van der Waals surface area contributed by atoms with Gasteiger partial charge in [0.1, 0.15) is 23.1 Å². The van der Waals surface area contributed by atoms with Crippen molar-refractivity contribution in [3.8, 4) is 57.7 Å². The van der Waals surface area contributed by atoms with E-state index >= 15 is 0 Å². The lowest BCUT2D eigenvalue weighted by molar-refractivity contribution is -0.275. The van der Waals surface area contributed by atoms with E-state index in [1.807, 2.05) is 6.07 Å². The molecular weight excluding hydrogens is 1100 g/mol. The Labute approximate surface area is 439 Å². The summed E-state index contributed by atoms with van der Waals surface area (Å²) in [6.45, 7) is 0. The van der Waals surface area contributed by atoms with Gasteiger partial charge in [-0.2, -0.15) is 5.26 Å². The average molecular weight is 1130 g/mol. The second kappa shape index (κ2) is 24.5. The summed E-state index contributed by atoms with van der Waals surface area (Å²) < 4.78 is 149. The third kappa shape index (κ3) is 17.3. The van der Waals surface area contributed by atoms with Gasteiger partial charge in [0, 0.05) is 38.4 Å². The zero-order valence-electron chi connectivity index (χ0n) is 38.8. The van der Waals surface area contributed by atoms with E-state index in [9.17, 15) is 58.3 Å². The number of anilines is 3. The zero-order valence-corrected chi connectivity index (χ0v) is 39.6. The molecule has 30 heteroatoms. The minimum Gasteiger partial charge on any atom is -0.406 e. The number of nitrogens with one attached hydrogen (secondary N) is 3. The molecule has 0 aliphatic rings. The van der Waals surface area contributed by atoms with Crippen LogP contribution in [0.3, 0.4) is 0 Å². The van der Waals surface area contributed by atoms with Crippen molar-refractivity contribution in [1.82, 2.24) is 30.6 Å². The second-order valence-corrected chi connectivity index (χ2v) is 15.5. The number of hydrogen-bond acceptors (Lipinski definition) is 16. The van der Waals surface area contributed by atoms with Gasteiger partial charge in [0.05, 0.1) is 11.6 Å². The van der Waals surface area contributed by atoms with Crippen LogP contribution in [0, 0.1) is 17.1 Å². The van der Waals surface area contributed by atoms with Crippen molar-refractivity contribution in [2.24, 2.45) is 0 Å². The van der Waals surface area contributed by atoms with Crippen molar-refractivity contribution >= 4 is 47.4 Å². The van der Waals surface area contributed by atoms with Crippen molar-refractivity contribution in [3.05, 3.63) is 179 Å². The van der Waals surface area contributed by atoms with Gasteiger partial charge in [0.2, 0.25) is 17.7 Å². The number of halogens is 11. The summed E-state index contributed by atoms with van der Waals surface area (Å²) in [6, 6.07) is 32.7. The number of nitrogens with zero attached hydrogens (tertiary/aromatic N) is 7. The van der Waals surface area contributed by atoms with E-state index in [1.165, 1.54) is 36.4 Å². The minimum absolute atomic E-state index is 0.0565. The molecule has 19 nitrogen and oxygen atoms in total. The summed E-state index contributed by atoms with van der Waals surface area (Å²) in [6.07, 6.45) is -14.4. The number of aromatic nitrogens is 6. The number of nitriles is 1.